The molecule has 290 valence electrons. The standard InChI is InChI=1S/C27H26ClN7O2.C14H13BClNO3/c1-2-22(36)34-12-4-7-21(15-34)35-26-23(25(29)31-16-32-26)24(33-35)18-10-8-17(9-11-18)14-30-27(37)19-5-3-6-20(28)13-19;16-13-3-1-2-11(8-13)14(18)17-9-10-4-6-12(7-5-10)15(19)20/h2-3,5-6,8-11,13,16,21H,1,4,7,12,14-15H2,(H,30,37)(H2,29,31,32);1-8,19-20H,9H2,(H,17,18)/t21-;/m1./s1. The number of amides is 3. The van der Waals surface area contributed by atoms with E-state index in [1.54, 1.807) is 77.7 Å². The number of benzene rings is 4. The van der Waals surface area contributed by atoms with Gasteiger partial charge in [0.1, 0.15) is 17.8 Å². The van der Waals surface area contributed by atoms with Gasteiger partial charge in [0.25, 0.3) is 11.8 Å². The molecule has 13 nitrogen and oxygen atoms in total. The summed E-state index contributed by atoms with van der Waals surface area (Å²) < 4.78 is 1.87. The van der Waals surface area contributed by atoms with E-state index in [0.717, 1.165) is 29.5 Å². The van der Waals surface area contributed by atoms with Crippen LogP contribution in [-0.2, 0) is 17.9 Å². The molecule has 1 aliphatic heterocycles. The van der Waals surface area contributed by atoms with Gasteiger partial charge >= 0.3 is 7.12 Å². The van der Waals surface area contributed by atoms with Crippen molar-refractivity contribution < 1.29 is 24.4 Å². The summed E-state index contributed by atoms with van der Waals surface area (Å²) in [7, 11) is -1.48. The molecule has 0 spiro atoms. The summed E-state index contributed by atoms with van der Waals surface area (Å²) in [5.41, 5.74) is 11.6. The maximum absolute atomic E-state index is 12.4. The predicted molar refractivity (Wildman–Crippen MR) is 222 cm³/mol. The molecule has 1 atom stereocenters. The van der Waals surface area contributed by atoms with Gasteiger partial charge in [-0.3, -0.25) is 14.4 Å². The normalized spacial score (nSPS) is 13.6. The first-order valence-corrected chi connectivity index (χ1v) is 18.8. The van der Waals surface area contributed by atoms with E-state index in [2.05, 4.69) is 27.2 Å². The minimum Gasteiger partial charge on any atom is -0.423 e. The van der Waals surface area contributed by atoms with Gasteiger partial charge in [0.2, 0.25) is 5.91 Å². The Hall–Kier alpha value is -6.06. The fourth-order valence-corrected chi connectivity index (χ4v) is 6.73. The molecular formula is C41H39BCl2N8O5. The van der Waals surface area contributed by atoms with Gasteiger partial charge in [-0.15, -0.1) is 0 Å². The van der Waals surface area contributed by atoms with E-state index in [0.29, 0.717) is 75.4 Å². The van der Waals surface area contributed by atoms with Crippen molar-refractivity contribution in [2.45, 2.75) is 32.0 Å². The van der Waals surface area contributed by atoms with Crippen molar-refractivity contribution >= 4 is 70.4 Å². The highest BCUT2D eigenvalue weighted by atomic mass is 35.5. The average Bonchev–Trinajstić information content (AvgIpc) is 3.63. The molecule has 3 amide bonds. The molecular weight excluding hydrogens is 766 g/mol. The van der Waals surface area contributed by atoms with Crippen molar-refractivity contribution in [3.05, 3.63) is 148 Å². The number of anilines is 1. The number of nitrogens with one attached hydrogen (secondary N) is 2. The number of nitrogen functional groups attached to an aromatic ring is 1. The third-order valence-corrected chi connectivity index (χ3v) is 9.80. The lowest BCUT2D eigenvalue weighted by molar-refractivity contribution is -0.127. The van der Waals surface area contributed by atoms with E-state index in [4.69, 9.17) is 44.1 Å². The topological polar surface area (TPSA) is 189 Å². The largest absolute Gasteiger partial charge is 0.488 e. The second-order valence-corrected chi connectivity index (χ2v) is 14.1. The average molecular weight is 806 g/mol. The Labute approximate surface area is 339 Å². The van der Waals surface area contributed by atoms with Crippen LogP contribution in [0.15, 0.2) is 116 Å². The highest BCUT2D eigenvalue weighted by molar-refractivity contribution is 6.58. The van der Waals surface area contributed by atoms with Crippen LogP contribution < -0.4 is 21.8 Å². The smallest absolute Gasteiger partial charge is 0.423 e. The molecule has 0 bridgehead atoms. The molecule has 16 heteroatoms. The molecule has 0 aliphatic carbocycles. The van der Waals surface area contributed by atoms with E-state index >= 15 is 0 Å². The van der Waals surface area contributed by atoms with Crippen molar-refractivity contribution in [1.29, 1.82) is 0 Å². The Morgan fingerprint density at radius 2 is 1.44 bits per heavy atom. The van der Waals surface area contributed by atoms with Gasteiger partial charge in [-0.05, 0) is 71.9 Å². The molecule has 7 rings (SSSR count). The van der Waals surface area contributed by atoms with E-state index in [-0.39, 0.29) is 23.8 Å². The maximum atomic E-state index is 12.4. The van der Waals surface area contributed by atoms with E-state index in [1.807, 2.05) is 28.9 Å². The molecule has 6 N–H and O–H groups in total. The lowest BCUT2D eigenvalue weighted by Gasteiger charge is -2.32. The molecule has 1 aliphatic rings. The van der Waals surface area contributed by atoms with Crippen LogP contribution in [0.3, 0.4) is 0 Å². The summed E-state index contributed by atoms with van der Waals surface area (Å²) in [4.78, 5) is 47.0. The Bertz CT molecular complexity index is 2390. The summed E-state index contributed by atoms with van der Waals surface area (Å²) in [5, 5.41) is 30.2. The predicted octanol–water partition coefficient (Wildman–Crippen LogP) is 4.96. The van der Waals surface area contributed by atoms with Crippen LogP contribution in [0, 0.1) is 0 Å². The number of hydrogen-bond acceptors (Lipinski definition) is 9. The van der Waals surface area contributed by atoms with Crippen molar-refractivity contribution in [3.8, 4) is 11.3 Å². The van der Waals surface area contributed by atoms with Crippen LogP contribution in [0.1, 0.15) is 50.7 Å². The number of carbonyl (C=O) groups excluding carboxylic acids is 3. The quantitative estimate of drug-likeness (QED) is 0.0943. The third kappa shape index (κ3) is 10.2. The van der Waals surface area contributed by atoms with Crippen molar-refractivity contribution in [3.63, 3.8) is 0 Å². The van der Waals surface area contributed by atoms with Crippen molar-refractivity contribution in [2.75, 3.05) is 18.8 Å². The van der Waals surface area contributed by atoms with E-state index < -0.39 is 7.12 Å². The fourth-order valence-electron chi connectivity index (χ4n) is 6.35. The SMILES string of the molecule is C=CC(=O)N1CCC[C@@H](n2nc(-c3ccc(CNC(=O)c4cccc(Cl)c4)cc3)c3c(N)ncnc32)C1.O=C(NCc1ccc(B(O)O)cc1)c1cccc(Cl)c1. The van der Waals surface area contributed by atoms with Gasteiger partial charge in [0.05, 0.1) is 11.4 Å². The Morgan fingerprint density at radius 3 is 1.98 bits per heavy atom. The zero-order chi connectivity index (χ0) is 40.5. The van der Waals surface area contributed by atoms with Crippen LogP contribution in [0.4, 0.5) is 5.82 Å². The molecule has 0 unspecified atom stereocenters. The number of fused-ring (bicyclic) bond motifs is 1. The lowest BCUT2D eigenvalue weighted by Crippen LogP contribution is -2.40. The Morgan fingerprint density at radius 1 is 0.860 bits per heavy atom. The highest BCUT2D eigenvalue weighted by Crippen LogP contribution is 2.34. The summed E-state index contributed by atoms with van der Waals surface area (Å²) in [5.74, 6) is -0.149. The number of likely N-dealkylation sites (tertiary alicyclic amines) is 1. The van der Waals surface area contributed by atoms with Crippen molar-refractivity contribution in [2.24, 2.45) is 0 Å². The summed E-state index contributed by atoms with van der Waals surface area (Å²) in [6.45, 7) is 5.54. The van der Waals surface area contributed by atoms with Crippen LogP contribution >= 0.6 is 23.2 Å². The minimum absolute atomic E-state index is 0.0378. The zero-order valence-electron chi connectivity index (χ0n) is 30.7. The van der Waals surface area contributed by atoms with Crippen LogP contribution in [-0.4, -0.2) is 72.6 Å². The van der Waals surface area contributed by atoms with E-state index in [9.17, 15) is 14.4 Å². The van der Waals surface area contributed by atoms with Gasteiger partial charge in [-0.2, -0.15) is 5.10 Å². The fraction of sp³-hybridized carbons (Fsp3) is 0.171. The number of nitrogens with two attached hydrogens (primary N) is 1. The van der Waals surface area contributed by atoms with Crippen LogP contribution in [0.25, 0.3) is 22.3 Å². The van der Waals surface area contributed by atoms with Gasteiger partial charge in [0, 0.05) is 52.9 Å². The molecule has 0 saturated carbocycles. The first-order chi connectivity index (χ1) is 27.5. The molecule has 6 aromatic rings. The molecule has 4 aromatic carbocycles. The summed E-state index contributed by atoms with van der Waals surface area (Å²) in [6.07, 6.45) is 4.50. The van der Waals surface area contributed by atoms with Gasteiger partial charge in [0.15, 0.2) is 5.65 Å². The zero-order valence-corrected chi connectivity index (χ0v) is 32.2. The van der Waals surface area contributed by atoms with Crippen LogP contribution in [0.2, 0.25) is 10.0 Å². The minimum atomic E-state index is -1.48. The second kappa shape index (κ2) is 18.7. The molecule has 2 aromatic heterocycles. The maximum Gasteiger partial charge on any atom is 0.488 e. The number of rotatable bonds is 10. The summed E-state index contributed by atoms with van der Waals surface area (Å²) in [6, 6.07) is 27.9. The number of piperidine rings is 1. The summed E-state index contributed by atoms with van der Waals surface area (Å²) >= 11 is 11.8. The lowest BCUT2D eigenvalue weighted by atomic mass is 9.80. The van der Waals surface area contributed by atoms with Crippen molar-refractivity contribution in [1.82, 2.24) is 35.3 Å². The number of carbonyl (C=O) groups is 3. The highest BCUT2D eigenvalue weighted by Gasteiger charge is 2.28. The van der Waals surface area contributed by atoms with Gasteiger partial charge in [-0.1, -0.05) is 90.4 Å². The molecule has 3 heterocycles. The Kier molecular flexibility index (Phi) is 13.3. The first kappa shape index (κ1) is 40.6. The molecule has 57 heavy (non-hydrogen) atoms. The number of nitrogens with zero attached hydrogens (tertiary/aromatic N) is 5. The first-order valence-electron chi connectivity index (χ1n) is 18.0. The monoisotopic (exact) mass is 804 g/mol. The second-order valence-electron chi connectivity index (χ2n) is 13.2. The van der Waals surface area contributed by atoms with E-state index in [1.165, 1.54) is 12.4 Å². The third-order valence-electron chi connectivity index (χ3n) is 9.33. The number of halogens is 2. The molecule has 1 fully saturated rings. The molecule has 1 saturated heterocycles. The van der Waals surface area contributed by atoms with Crippen LogP contribution in [0.5, 0.6) is 0 Å². The Balaban J connectivity index is 0.000000232. The van der Waals surface area contributed by atoms with Gasteiger partial charge in [-0.25, -0.2) is 14.6 Å². The molecule has 0 radical (unpaired) electrons. The van der Waals surface area contributed by atoms with Gasteiger partial charge < -0.3 is 31.3 Å². The number of aromatic nitrogens is 4. The number of hydrogen-bond donors (Lipinski definition) is 5.